The lowest BCUT2D eigenvalue weighted by atomic mass is 10.1. The Balaban J connectivity index is 2.84. The molecule has 5 heteroatoms. The highest BCUT2D eigenvalue weighted by Gasteiger charge is 2.11. The highest BCUT2D eigenvalue weighted by Crippen LogP contribution is 2.30. The van der Waals surface area contributed by atoms with Crippen molar-refractivity contribution >= 4 is 28.6 Å². The van der Waals surface area contributed by atoms with Crippen LogP contribution in [0.3, 0.4) is 0 Å². The Morgan fingerprint density at radius 1 is 1.50 bits per heavy atom. The van der Waals surface area contributed by atoms with Crippen molar-refractivity contribution in [1.82, 2.24) is 4.98 Å². The van der Waals surface area contributed by atoms with Gasteiger partial charge in [-0.15, -0.1) is 0 Å². The van der Waals surface area contributed by atoms with Crippen LogP contribution in [0.2, 0.25) is 0 Å². The van der Waals surface area contributed by atoms with Crippen LogP contribution < -0.4 is 4.74 Å². The first-order valence-electron chi connectivity index (χ1n) is 4.53. The van der Waals surface area contributed by atoms with Gasteiger partial charge in [-0.25, -0.2) is 4.98 Å². The second-order valence-corrected chi connectivity index (χ2v) is 3.59. The number of phenolic OH excluding ortho intramolecular Hbond substituents is 1. The van der Waals surface area contributed by atoms with Crippen molar-refractivity contribution < 1.29 is 14.6 Å². The topological polar surface area (TPSA) is 59.4 Å². The number of thiol groups is 1. The molecule has 0 fully saturated rings. The van der Waals surface area contributed by atoms with Crippen LogP contribution in [0.25, 0.3) is 10.9 Å². The molecule has 0 unspecified atom stereocenters. The third-order valence-electron chi connectivity index (χ3n) is 2.22. The number of rotatable bonds is 2. The predicted molar refractivity (Wildman–Crippen MR) is 63.3 cm³/mol. The molecule has 2 aromatic rings. The van der Waals surface area contributed by atoms with Gasteiger partial charge in [0.05, 0.1) is 7.11 Å². The molecule has 0 atom stereocenters. The molecule has 1 aromatic heterocycles. The van der Waals surface area contributed by atoms with E-state index in [-0.39, 0.29) is 11.4 Å². The number of ether oxygens (including phenoxy) is 1. The van der Waals surface area contributed by atoms with Crippen molar-refractivity contribution in [1.29, 1.82) is 0 Å². The van der Waals surface area contributed by atoms with Gasteiger partial charge in [0, 0.05) is 11.5 Å². The van der Waals surface area contributed by atoms with Crippen LogP contribution in [0, 0.1) is 0 Å². The van der Waals surface area contributed by atoms with E-state index in [4.69, 9.17) is 4.74 Å². The van der Waals surface area contributed by atoms with Crippen LogP contribution in [0.5, 0.6) is 11.5 Å². The minimum atomic E-state index is -0.469. The molecule has 16 heavy (non-hydrogen) atoms. The van der Waals surface area contributed by atoms with E-state index in [0.717, 1.165) is 0 Å². The lowest BCUT2D eigenvalue weighted by Crippen LogP contribution is -1.97. The summed E-state index contributed by atoms with van der Waals surface area (Å²) < 4.78 is 5.14. The Hall–Kier alpha value is -1.75. The molecule has 0 bridgehead atoms. The third kappa shape index (κ3) is 1.69. The highest BCUT2D eigenvalue weighted by atomic mass is 32.1. The number of fused-ring (bicyclic) bond motifs is 1. The largest absolute Gasteiger partial charge is 0.506 e. The van der Waals surface area contributed by atoms with Gasteiger partial charge in [-0.3, -0.25) is 4.79 Å². The molecule has 4 nitrogen and oxygen atoms in total. The fourth-order valence-corrected chi connectivity index (χ4v) is 1.60. The fourth-order valence-electron chi connectivity index (χ4n) is 1.48. The van der Waals surface area contributed by atoms with Crippen molar-refractivity contribution in [3.8, 4) is 11.5 Å². The van der Waals surface area contributed by atoms with Crippen LogP contribution in [-0.2, 0) is 0 Å². The Labute approximate surface area is 97.3 Å². The third-order valence-corrected chi connectivity index (χ3v) is 2.45. The number of hydrogen-bond acceptors (Lipinski definition) is 4. The van der Waals surface area contributed by atoms with Crippen molar-refractivity contribution in [2.45, 2.75) is 0 Å². The Morgan fingerprint density at radius 3 is 2.88 bits per heavy atom. The first-order chi connectivity index (χ1) is 7.63. The average molecular weight is 235 g/mol. The van der Waals surface area contributed by atoms with Gasteiger partial charge < -0.3 is 9.84 Å². The zero-order valence-electron chi connectivity index (χ0n) is 8.47. The second-order valence-electron chi connectivity index (χ2n) is 3.19. The Kier molecular flexibility index (Phi) is 2.70. The van der Waals surface area contributed by atoms with Crippen LogP contribution in [0.15, 0.2) is 24.3 Å². The first kappa shape index (κ1) is 10.8. The van der Waals surface area contributed by atoms with Gasteiger partial charge in [-0.2, -0.15) is 0 Å². The van der Waals surface area contributed by atoms with Crippen LogP contribution in [0.4, 0.5) is 0 Å². The number of hydrogen-bond donors (Lipinski definition) is 2. The summed E-state index contributed by atoms with van der Waals surface area (Å²) in [6.45, 7) is 0. The number of aromatic nitrogens is 1. The zero-order valence-corrected chi connectivity index (χ0v) is 9.36. The van der Waals surface area contributed by atoms with Crippen molar-refractivity contribution in [2.75, 3.05) is 7.11 Å². The molecule has 2 rings (SSSR count). The number of methoxy groups -OCH3 is 1. The molecule has 0 aliphatic heterocycles. The molecule has 0 radical (unpaired) electrons. The maximum Gasteiger partial charge on any atom is 0.234 e. The lowest BCUT2D eigenvalue weighted by molar-refractivity contribution is 0.108. The minimum Gasteiger partial charge on any atom is -0.506 e. The van der Waals surface area contributed by atoms with Crippen molar-refractivity contribution in [3.05, 3.63) is 30.0 Å². The summed E-state index contributed by atoms with van der Waals surface area (Å²) in [5.41, 5.74) is 0.480. The maximum atomic E-state index is 11.1. The number of aromatic hydroxyl groups is 1. The molecule has 0 spiro atoms. The molecule has 82 valence electrons. The van der Waals surface area contributed by atoms with E-state index in [1.807, 2.05) is 0 Å². The number of para-hydroxylation sites is 1. The fraction of sp³-hybridized carbons (Fsp3) is 0.0909. The Bertz CT molecular complexity index is 568. The van der Waals surface area contributed by atoms with Gasteiger partial charge in [0.25, 0.3) is 0 Å². The summed E-state index contributed by atoms with van der Waals surface area (Å²) >= 11 is 3.69. The van der Waals surface area contributed by atoms with Gasteiger partial charge in [-0.1, -0.05) is 18.7 Å². The van der Waals surface area contributed by atoms with Crippen LogP contribution in [0.1, 0.15) is 10.5 Å². The SMILES string of the molecule is COc1cc(C(=O)S)nc2c(O)cccc12. The van der Waals surface area contributed by atoms with E-state index in [2.05, 4.69) is 17.6 Å². The van der Waals surface area contributed by atoms with Crippen molar-refractivity contribution in [2.24, 2.45) is 0 Å². The molecule has 0 saturated heterocycles. The van der Waals surface area contributed by atoms with E-state index in [1.54, 1.807) is 12.1 Å². The number of benzene rings is 1. The smallest absolute Gasteiger partial charge is 0.234 e. The number of phenols is 1. The lowest BCUT2D eigenvalue weighted by Gasteiger charge is -2.07. The van der Waals surface area contributed by atoms with Crippen LogP contribution in [-0.4, -0.2) is 22.3 Å². The number of carbonyl (C=O) groups excluding carboxylic acids is 1. The number of nitrogens with zero attached hydrogens (tertiary/aromatic N) is 1. The zero-order chi connectivity index (χ0) is 11.7. The summed E-state index contributed by atoms with van der Waals surface area (Å²) in [5, 5.41) is 9.83. The van der Waals surface area contributed by atoms with E-state index >= 15 is 0 Å². The molecule has 0 aliphatic carbocycles. The minimum absolute atomic E-state index is 0.00670. The highest BCUT2D eigenvalue weighted by molar-refractivity contribution is 7.97. The number of carbonyl (C=O) groups is 1. The van der Waals surface area contributed by atoms with E-state index in [9.17, 15) is 9.90 Å². The summed E-state index contributed by atoms with van der Waals surface area (Å²) in [6, 6.07) is 6.44. The van der Waals surface area contributed by atoms with Crippen molar-refractivity contribution in [3.63, 3.8) is 0 Å². The average Bonchev–Trinajstić information content (AvgIpc) is 2.28. The maximum absolute atomic E-state index is 11.1. The molecule has 1 N–H and O–H groups in total. The van der Waals surface area contributed by atoms with Gasteiger partial charge in [0.1, 0.15) is 22.7 Å². The molecule has 0 aliphatic rings. The summed E-state index contributed by atoms with van der Waals surface area (Å²) in [7, 11) is 1.49. The number of pyridine rings is 1. The second kappa shape index (κ2) is 4.02. The van der Waals surface area contributed by atoms with Gasteiger partial charge in [-0.05, 0) is 12.1 Å². The molecule has 0 saturated carbocycles. The molecular formula is C11H9NO3S. The first-order valence-corrected chi connectivity index (χ1v) is 4.98. The predicted octanol–water partition coefficient (Wildman–Crippen LogP) is 2.02. The summed E-state index contributed by atoms with van der Waals surface area (Å²) in [6.07, 6.45) is 0. The van der Waals surface area contributed by atoms with E-state index < -0.39 is 5.12 Å². The van der Waals surface area contributed by atoms with Gasteiger partial charge >= 0.3 is 0 Å². The monoisotopic (exact) mass is 235 g/mol. The van der Waals surface area contributed by atoms with E-state index in [0.29, 0.717) is 16.7 Å². The molecule has 1 heterocycles. The quantitative estimate of drug-likeness (QED) is 0.782. The normalized spacial score (nSPS) is 10.4. The summed E-state index contributed by atoms with van der Waals surface area (Å²) in [5.74, 6) is 0.491. The summed E-state index contributed by atoms with van der Waals surface area (Å²) in [4.78, 5) is 15.2. The Morgan fingerprint density at radius 2 is 2.25 bits per heavy atom. The standard InChI is InChI=1S/C11H9NO3S/c1-15-9-5-7(11(14)16)12-10-6(9)3-2-4-8(10)13/h2-5,13H,1H3,(H,14,16). The molecule has 0 amide bonds. The van der Waals surface area contributed by atoms with Gasteiger partial charge in [0.2, 0.25) is 5.12 Å². The van der Waals surface area contributed by atoms with Gasteiger partial charge in [0.15, 0.2) is 0 Å². The van der Waals surface area contributed by atoms with E-state index in [1.165, 1.54) is 19.2 Å². The van der Waals surface area contributed by atoms with Crippen LogP contribution >= 0.6 is 12.6 Å². The molecule has 1 aromatic carbocycles. The molecular weight excluding hydrogens is 226 g/mol.